The van der Waals surface area contributed by atoms with Gasteiger partial charge in [-0.05, 0) is 24.2 Å². The summed E-state index contributed by atoms with van der Waals surface area (Å²) in [5.41, 5.74) is 0. The van der Waals surface area contributed by atoms with E-state index in [1.165, 1.54) is 38.5 Å². The molecule has 0 N–H and O–H groups in total. The van der Waals surface area contributed by atoms with Crippen LogP contribution in [0.1, 0.15) is 73.1 Å². The smallest absolute Gasteiger partial charge is 0.0386 e. The predicted octanol–water partition coefficient (Wildman–Crippen LogP) is 5.28. The van der Waals surface area contributed by atoms with E-state index in [4.69, 9.17) is 0 Å². The molecule has 3 unspecified atom stereocenters. The van der Waals surface area contributed by atoms with E-state index in [0.717, 1.165) is 17.8 Å². The van der Waals surface area contributed by atoms with Crippen molar-refractivity contribution in [3.63, 3.8) is 0 Å². The summed E-state index contributed by atoms with van der Waals surface area (Å²) in [5.74, 6) is 3.01. The fourth-order valence-electron chi connectivity index (χ4n) is 2.43. The predicted molar refractivity (Wildman–Crippen MR) is 66.5 cm³/mol. The van der Waals surface area contributed by atoms with Crippen molar-refractivity contribution >= 4 is 0 Å². The molecule has 3 atom stereocenters. The minimum absolute atomic E-state index is 0.954. The van der Waals surface area contributed by atoms with Gasteiger partial charge in [-0.25, -0.2) is 0 Å². The van der Waals surface area contributed by atoms with Crippen LogP contribution in [0.4, 0.5) is 0 Å². The molecule has 0 heteroatoms. The van der Waals surface area contributed by atoms with Crippen LogP contribution in [0.3, 0.4) is 0 Å². The van der Waals surface area contributed by atoms with Gasteiger partial charge >= 0.3 is 0 Å². The van der Waals surface area contributed by atoms with E-state index < -0.39 is 0 Å². The first-order valence-electron chi connectivity index (χ1n) is 6.74. The van der Waals surface area contributed by atoms with E-state index in [1.807, 2.05) is 13.8 Å². The maximum absolute atomic E-state index is 2.45. The highest BCUT2D eigenvalue weighted by Crippen LogP contribution is 2.34. The third-order valence-electron chi connectivity index (χ3n) is 3.69. The van der Waals surface area contributed by atoms with Crippen molar-refractivity contribution in [3.8, 4) is 0 Å². The Labute approximate surface area is 91.5 Å². The number of hydrogen-bond acceptors (Lipinski definition) is 0. The zero-order valence-corrected chi connectivity index (χ0v) is 11.0. The van der Waals surface area contributed by atoms with Crippen LogP contribution >= 0.6 is 0 Å². The molecule has 0 radical (unpaired) electrons. The lowest BCUT2D eigenvalue weighted by Gasteiger charge is -2.30. The first-order chi connectivity index (χ1) is 6.74. The lowest BCUT2D eigenvalue weighted by molar-refractivity contribution is 0.214. The Morgan fingerprint density at radius 3 is 2.21 bits per heavy atom. The van der Waals surface area contributed by atoms with E-state index in [-0.39, 0.29) is 0 Å². The molecule has 0 aliphatic heterocycles. The fraction of sp³-hybridized carbons (Fsp3) is 1.00. The second kappa shape index (κ2) is 8.32. The van der Waals surface area contributed by atoms with Crippen LogP contribution in [0.2, 0.25) is 0 Å². The SMILES string of the molecule is CC.CCC(C)CC1CCCCC1C. The molecule has 1 aliphatic rings. The van der Waals surface area contributed by atoms with Gasteiger partial charge in [0.1, 0.15) is 0 Å². The zero-order chi connectivity index (χ0) is 11.0. The topological polar surface area (TPSA) is 0 Å². The van der Waals surface area contributed by atoms with E-state index in [9.17, 15) is 0 Å². The molecule has 1 fully saturated rings. The summed E-state index contributed by atoms with van der Waals surface area (Å²) in [6, 6.07) is 0. The Morgan fingerprint density at radius 2 is 1.71 bits per heavy atom. The summed E-state index contributed by atoms with van der Waals surface area (Å²) >= 11 is 0. The Kier molecular flexibility index (Phi) is 8.32. The Morgan fingerprint density at radius 1 is 1.14 bits per heavy atom. The minimum atomic E-state index is 0.954. The zero-order valence-electron chi connectivity index (χ0n) is 11.0. The van der Waals surface area contributed by atoms with Crippen LogP contribution in [0.15, 0.2) is 0 Å². The first kappa shape index (κ1) is 14.0. The molecule has 0 saturated heterocycles. The van der Waals surface area contributed by atoms with Crippen molar-refractivity contribution in [2.75, 3.05) is 0 Å². The Bertz CT molecular complexity index is 117. The van der Waals surface area contributed by atoms with Crippen molar-refractivity contribution in [2.45, 2.75) is 73.1 Å². The van der Waals surface area contributed by atoms with E-state index in [0.29, 0.717) is 0 Å². The van der Waals surface area contributed by atoms with Crippen LogP contribution in [0.25, 0.3) is 0 Å². The van der Waals surface area contributed by atoms with Gasteiger partial charge in [-0.15, -0.1) is 0 Å². The van der Waals surface area contributed by atoms with Gasteiger partial charge in [-0.2, -0.15) is 0 Å². The van der Waals surface area contributed by atoms with Gasteiger partial charge in [0.2, 0.25) is 0 Å². The van der Waals surface area contributed by atoms with Crippen LogP contribution in [0, 0.1) is 17.8 Å². The largest absolute Gasteiger partial charge is 0.0683 e. The number of hydrogen-bond donors (Lipinski definition) is 0. The molecular weight excluding hydrogens is 168 g/mol. The summed E-state index contributed by atoms with van der Waals surface area (Å²) in [6.07, 6.45) is 8.82. The van der Waals surface area contributed by atoms with Gasteiger partial charge in [0, 0.05) is 0 Å². The molecule has 86 valence electrons. The van der Waals surface area contributed by atoms with Crippen molar-refractivity contribution in [1.82, 2.24) is 0 Å². The van der Waals surface area contributed by atoms with Gasteiger partial charge < -0.3 is 0 Å². The maximum Gasteiger partial charge on any atom is -0.0386 e. The Balaban J connectivity index is 0.000000791. The molecule has 1 rings (SSSR count). The molecule has 1 aliphatic carbocycles. The van der Waals surface area contributed by atoms with Crippen LogP contribution in [-0.4, -0.2) is 0 Å². The molecule has 14 heavy (non-hydrogen) atoms. The monoisotopic (exact) mass is 198 g/mol. The molecule has 0 nitrogen and oxygen atoms in total. The first-order valence-corrected chi connectivity index (χ1v) is 6.74. The van der Waals surface area contributed by atoms with Crippen LogP contribution < -0.4 is 0 Å². The highest BCUT2D eigenvalue weighted by molar-refractivity contribution is 4.73. The minimum Gasteiger partial charge on any atom is -0.0683 e. The molecular formula is C14H30. The Hall–Kier alpha value is 0. The highest BCUT2D eigenvalue weighted by Gasteiger charge is 2.22. The van der Waals surface area contributed by atoms with Crippen molar-refractivity contribution in [1.29, 1.82) is 0 Å². The second-order valence-corrected chi connectivity index (χ2v) is 4.77. The van der Waals surface area contributed by atoms with E-state index in [2.05, 4.69) is 20.8 Å². The van der Waals surface area contributed by atoms with Gasteiger partial charge in [0.05, 0.1) is 0 Å². The van der Waals surface area contributed by atoms with E-state index in [1.54, 1.807) is 0 Å². The normalized spacial score (nSPS) is 28.9. The lowest BCUT2D eigenvalue weighted by atomic mass is 9.76. The van der Waals surface area contributed by atoms with Crippen LogP contribution in [0.5, 0.6) is 0 Å². The fourth-order valence-corrected chi connectivity index (χ4v) is 2.43. The van der Waals surface area contributed by atoms with Crippen molar-refractivity contribution < 1.29 is 0 Å². The summed E-state index contributed by atoms with van der Waals surface area (Å²) in [5, 5.41) is 0. The molecule has 0 spiro atoms. The molecule has 1 saturated carbocycles. The summed E-state index contributed by atoms with van der Waals surface area (Å²) in [4.78, 5) is 0. The molecule has 0 aromatic carbocycles. The highest BCUT2D eigenvalue weighted by atomic mass is 14.3. The summed E-state index contributed by atoms with van der Waals surface area (Å²) < 4.78 is 0. The van der Waals surface area contributed by atoms with E-state index >= 15 is 0 Å². The van der Waals surface area contributed by atoms with Crippen molar-refractivity contribution in [3.05, 3.63) is 0 Å². The van der Waals surface area contributed by atoms with Crippen molar-refractivity contribution in [2.24, 2.45) is 17.8 Å². The molecule has 0 aromatic rings. The van der Waals surface area contributed by atoms with Gasteiger partial charge in [0.25, 0.3) is 0 Å². The van der Waals surface area contributed by atoms with Crippen LogP contribution in [-0.2, 0) is 0 Å². The molecule has 0 amide bonds. The third kappa shape index (κ3) is 5.02. The van der Waals surface area contributed by atoms with Gasteiger partial charge in [-0.1, -0.05) is 66.7 Å². The second-order valence-electron chi connectivity index (χ2n) is 4.77. The quantitative estimate of drug-likeness (QED) is 0.579. The average molecular weight is 198 g/mol. The average Bonchev–Trinajstić information content (AvgIpc) is 2.24. The van der Waals surface area contributed by atoms with Gasteiger partial charge in [-0.3, -0.25) is 0 Å². The molecule has 0 bridgehead atoms. The molecule has 0 aromatic heterocycles. The third-order valence-corrected chi connectivity index (χ3v) is 3.69. The maximum atomic E-state index is 2.45. The molecule has 0 heterocycles. The lowest BCUT2D eigenvalue weighted by Crippen LogP contribution is -2.18. The van der Waals surface area contributed by atoms with Gasteiger partial charge in [0.15, 0.2) is 0 Å². The number of rotatable bonds is 3. The standard InChI is InChI=1S/C12H24.C2H6/c1-4-10(2)9-12-8-6-5-7-11(12)3;1-2/h10-12H,4-9H2,1-3H3;1-2H3. The summed E-state index contributed by atoms with van der Waals surface area (Å²) in [7, 11) is 0. The summed E-state index contributed by atoms with van der Waals surface area (Å²) in [6.45, 7) is 11.2.